The quantitative estimate of drug-likeness (QED) is 0.477. The number of hydrogen-bond donors (Lipinski definition) is 4. The minimum atomic E-state index is -1.57. The van der Waals surface area contributed by atoms with Crippen molar-refractivity contribution in [3.8, 4) is 0 Å². The van der Waals surface area contributed by atoms with E-state index in [4.69, 9.17) is 5.11 Å². The van der Waals surface area contributed by atoms with E-state index in [1.54, 1.807) is 13.8 Å². The summed E-state index contributed by atoms with van der Waals surface area (Å²) in [5, 5.41) is 23.0. The predicted molar refractivity (Wildman–Crippen MR) is 70.1 cm³/mol. The van der Waals surface area contributed by atoms with E-state index in [1.807, 2.05) is 0 Å². The molecule has 2 unspecified atom stereocenters. The van der Waals surface area contributed by atoms with Crippen LogP contribution in [0.3, 0.4) is 0 Å². The lowest BCUT2D eigenvalue weighted by Crippen LogP contribution is -2.52. The molecule has 0 radical (unpaired) electrons. The van der Waals surface area contributed by atoms with E-state index >= 15 is 0 Å². The fraction of sp³-hybridized carbons (Fsp3) is 0.750. The van der Waals surface area contributed by atoms with E-state index < -0.39 is 36.0 Å². The number of carboxylic acid groups (broad SMARTS) is 1. The summed E-state index contributed by atoms with van der Waals surface area (Å²) in [4.78, 5) is 33.6. The molecule has 0 saturated heterocycles. The van der Waals surface area contributed by atoms with Crippen molar-refractivity contribution in [3.63, 3.8) is 0 Å². The molecule has 4 N–H and O–H groups in total. The number of hydrogen-bond acceptors (Lipinski definition) is 5. The van der Waals surface area contributed by atoms with Crippen LogP contribution >= 0.6 is 0 Å². The van der Waals surface area contributed by atoms with Crippen LogP contribution in [0.4, 0.5) is 4.79 Å². The van der Waals surface area contributed by atoms with Crippen molar-refractivity contribution in [2.24, 2.45) is 5.92 Å². The smallest absolute Gasteiger partial charge is 0.328 e. The Labute approximate surface area is 117 Å². The molecule has 0 aromatic rings. The number of urea groups is 1. The molecule has 116 valence electrons. The number of carboxylic acids is 1. The maximum atomic E-state index is 11.6. The van der Waals surface area contributed by atoms with Crippen LogP contribution in [0.2, 0.25) is 0 Å². The second-order valence-corrected chi connectivity index (χ2v) is 5.14. The van der Waals surface area contributed by atoms with Crippen LogP contribution in [0.15, 0.2) is 0 Å². The first-order valence-corrected chi connectivity index (χ1v) is 6.15. The molecule has 0 aromatic heterocycles. The number of aliphatic hydroxyl groups is 1. The average molecular weight is 290 g/mol. The molecule has 0 aliphatic carbocycles. The van der Waals surface area contributed by atoms with Gasteiger partial charge in [0.05, 0.1) is 19.1 Å². The van der Waals surface area contributed by atoms with Gasteiger partial charge in [-0.05, 0) is 12.8 Å². The number of carbonyl (C=O) groups excluding carboxylic acids is 2. The Morgan fingerprint density at radius 2 is 1.85 bits per heavy atom. The van der Waals surface area contributed by atoms with E-state index in [0.29, 0.717) is 0 Å². The van der Waals surface area contributed by atoms with Crippen LogP contribution in [0.5, 0.6) is 0 Å². The first-order chi connectivity index (χ1) is 9.09. The van der Waals surface area contributed by atoms with Gasteiger partial charge < -0.3 is 25.6 Å². The third kappa shape index (κ3) is 6.93. The number of aliphatic carboxylic acids is 1. The Morgan fingerprint density at radius 1 is 1.30 bits per heavy atom. The third-order valence-electron chi connectivity index (χ3n) is 2.57. The lowest BCUT2D eigenvalue weighted by molar-refractivity contribution is -0.144. The van der Waals surface area contributed by atoms with Gasteiger partial charge >= 0.3 is 18.0 Å². The number of rotatable bonds is 7. The standard InChI is InChI=1S/C12H22N2O6/c1-7(2)9(10(17)20-4)14-11(18)13-6-12(3,19)5-8(15)16/h7,9,19H,5-6H2,1-4H3,(H,15,16)(H2,13,14,18). The number of ether oxygens (including phenoxy) is 1. The maximum absolute atomic E-state index is 11.6. The third-order valence-corrected chi connectivity index (χ3v) is 2.57. The summed E-state index contributed by atoms with van der Waals surface area (Å²) in [6.45, 7) is 4.52. The molecule has 0 spiro atoms. The van der Waals surface area contributed by atoms with Crippen molar-refractivity contribution in [2.45, 2.75) is 38.8 Å². The number of methoxy groups -OCH3 is 1. The minimum absolute atomic E-state index is 0.173. The Morgan fingerprint density at radius 3 is 2.25 bits per heavy atom. The van der Waals surface area contributed by atoms with Gasteiger partial charge in [-0.1, -0.05) is 13.8 Å². The molecule has 0 aliphatic rings. The molecule has 0 fully saturated rings. The highest BCUT2D eigenvalue weighted by Gasteiger charge is 2.27. The van der Waals surface area contributed by atoms with Crippen molar-refractivity contribution >= 4 is 18.0 Å². The zero-order valence-electron chi connectivity index (χ0n) is 12.1. The van der Waals surface area contributed by atoms with Crippen LogP contribution in [0, 0.1) is 5.92 Å². The largest absolute Gasteiger partial charge is 0.481 e. The first-order valence-electron chi connectivity index (χ1n) is 6.15. The molecular weight excluding hydrogens is 268 g/mol. The molecule has 8 heteroatoms. The maximum Gasteiger partial charge on any atom is 0.328 e. The number of carbonyl (C=O) groups is 3. The van der Waals surface area contributed by atoms with Crippen molar-refractivity contribution in [1.29, 1.82) is 0 Å². The average Bonchev–Trinajstić information content (AvgIpc) is 2.30. The molecule has 0 bridgehead atoms. The highest BCUT2D eigenvalue weighted by molar-refractivity contribution is 5.83. The molecule has 0 aromatic carbocycles. The summed E-state index contributed by atoms with van der Waals surface area (Å²) in [6.07, 6.45) is -0.502. The highest BCUT2D eigenvalue weighted by atomic mass is 16.5. The van der Waals surface area contributed by atoms with Gasteiger partial charge in [0.15, 0.2) is 0 Å². The molecule has 8 nitrogen and oxygen atoms in total. The lowest BCUT2D eigenvalue weighted by Gasteiger charge is -2.24. The molecule has 20 heavy (non-hydrogen) atoms. The van der Waals surface area contributed by atoms with E-state index in [9.17, 15) is 19.5 Å². The normalized spacial score (nSPS) is 15.1. The number of nitrogens with one attached hydrogen (secondary N) is 2. The van der Waals surface area contributed by atoms with Crippen molar-refractivity contribution in [2.75, 3.05) is 13.7 Å². The monoisotopic (exact) mass is 290 g/mol. The summed E-state index contributed by atoms with van der Waals surface area (Å²) in [7, 11) is 1.22. The van der Waals surface area contributed by atoms with E-state index in [0.717, 1.165) is 0 Å². The molecular formula is C12H22N2O6. The molecule has 0 rings (SSSR count). The predicted octanol–water partition coefficient (Wildman–Crippen LogP) is -0.291. The number of amides is 2. The van der Waals surface area contributed by atoms with Gasteiger partial charge in [-0.3, -0.25) is 4.79 Å². The van der Waals surface area contributed by atoms with Gasteiger partial charge in [-0.25, -0.2) is 9.59 Å². The summed E-state index contributed by atoms with van der Waals surface area (Å²) in [6, 6.07) is -1.50. The van der Waals surface area contributed by atoms with E-state index in [2.05, 4.69) is 15.4 Å². The van der Waals surface area contributed by atoms with Crippen molar-refractivity contribution in [1.82, 2.24) is 10.6 Å². The van der Waals surface area contributed by atoms with Gasteiger partial charge in [0.1, 0.15) is 6.04 Å². The Hall–Kier alpha value is -1.83. The Kier molecular flexibility index (Phi) is 6.98. The molecule has 0 heterocycles. The molecule has 2 atom stereocenters. The molecule has 0 saturated carbocycles. The second kappa shape index (κ2) is 7.68. The van der Waals surface area contributed by atoms with Gasteiger partial charge in [0, 0.05) is 6.54 Å². The zero-order valence-corrected chi connectivity index (χ0v) is 12.1. The van der Waals surface area contributed by atoms with Gasteiger partial charge in [0.25, 0.3) is 0 Å². The van der Waals surface area contributed by atoms with Crippen LogP contribution < -0.4 is 10.6 Å². The fourth-order valence-corrected chi connectivity index (χ4v) is 1.48. The second-order valence-electron chi connectivity index (χ2n) is 5.14. The molecule has 2 amide bonds. The summed E-state index contributed by atoms with van der Waals surface area (Å²) < 4.78 is 4.56. The van der Waals surface area contributed by atoms with Crippen molar-refractivity contribution in [3.05, 3.63) is 0 Å². The summed E-state index contributed by atoms with van der Waals surface area (Å²) in [5.74, 6) is -1.92. The topological polar surface area (TPSA) is 125 Å². The fourth-order valence-electron chi connectivity index (χ4n) is 1.48. The van der Waals surface area contributed by atoms with Gasteiger partial charge in [-0.15, -0.1) is 0 Å². The summed E-state index contributed by atoms with van der Waals surface area (Å²) in [5.41, 5.74) is -1.57. The van der Waals surface area contributed by atoms with Crippen LogP contribution in [-0.4, -0.2) is 53.5 Å². The van der Waals surface area contributed by atoms with E-state index in [-0.39, 0.29) is 12.5 Å². The summed E-state index contributed by atoms with van der Waals surface area (Å²) >= 11 is 0. The van der Waals surface area contributed by atoms with Crippen LogP contribution in [-0.2, 0) is 14.3 Å². The highest BCUT2D eigenvalue weighted by Crippen LogP contribution is 2.07. The van der Waals surface area contributed by atoms with Crippen LogP contribution in [0.25, 0.3) is 0 Å². The van der Waals surface area contributed by atoms with E-state index in [1.165, 1.54) is 14.0 Å². The SMILES string of the molecule is COC(=O)C(NC(=O)NCC(C)(O)CC(=O)O)C(C)C. The van der Waals surface area contributed by atoms with Crippen LogP contribution in [0.1, 0.15) is 27.2 Å². The Bertz CT molecular complexity index is 367. The number of esters is 1. The van der Waals surface area contributed by atoms with Crippen molar-refractivity contribution < 1.29 is 29.3 Å². The first kappa shape index (κ1) is 18.2. The van der Waals surface area contributed by atoms with Gasteiger partial charge in [-0.2, -0.15) is 0 Å². The lowest BCUT2D eigenvalue weighted by atomic mass is 10.0. The Balaban J connectivity index is 4.41. The van der Waals surface area contributed by atoms with Gasteiger partial charge in [0.2, 0.25) is 0 Å². The molecule has 0 aliphatic heterocycles. The zero-order chi connectivity index (χ0) is 15.9. The minimum Gasteiger partial charge on any atom is -0.481 e.